The Kier molecular flexibility index (Phi) is 36.4. The molecule has 12 atom stereocenters. The van der Waals surface area contributed by atoms with Crippen LogP contribution in [0.1, 0.15) is 218 Å². The highest BCUT2D eigenvalue weighted by molar-refractivity contribution is 5.69. The lowest BCUT2D eigenvalue weighted by molar-refractivity contribution is -0.0595. The Morgan fingerprint density at radius 3 is 1.06 bits per heavy atom. The summed E-state index contributed by atoms with van der Waals surface area (Å²) in [4.78, 5) is 83.7. The molecule has 0 saturated carbocycles. The fraction of sp³-hybridized carbons (Fsp3) is 0.889. The van der Waals surface area contributed by atoms with Gasteiger partial charge < -0.3 is 30.2 Å². The Bertz CT molecular complexity index is 1470. The van der Waals surface area contributed by atoms with Gasteiger partial charge in [0.05, 0.1) is 18.1 Å². The van der Waals surface area contributed by atoms with Crippen molar-refractivity contribution in [2.24, 2.45) is 50.5 Å². The van der Waals surface area contributed by atoms with Gasteiger partial charge in [0, 0.05) is 18.1 Å². The summed E-state index contributed by atoms with van der Waals surface area (Å²) in [6, 6.07) is -0.482. The molecule has 0 aromatic rings. The van der Waals surface area contributed by atoms with Crippen molar-refractivity contribution in [3.8, 4) is 0 Å². The molecule has 69 heavy (non-hydrogen) atoms. The highest BCUT2D eigenvalue weighted by atomic mass is 16.6. The van der Waals surface area contributed by atoms with E-state index in [9.17, 15) is 28.8 Å². The number of hydrogen-bond donors (Lipinski definition) is 3. The average Bonchev–Trinajstić information content (AvgIpc) is 3.30. The molecule has 3 amide bonds. The van der Waals surface area contributed by atoms with Crippen LogP contribution < -0.4 is 16.0 Å². The summed E-state index contributed by atoms with van der Waals surface area (Å²) < 4.78 is 17.2. The molecule has 15 nitrogen and oxygen atoms in total. The van der Waals surface area contributed by atoms with Gasteiger partial charge >= 0.3 is 18.3 Å². The van der Waals surface area contributed by atoms with Crippen LogP contribution in [0.5, 0.6) is 0 Å². The van der Waals surface area contributed by atoms with Crippen molar-refractivity contribution in [1.82, 2.24) is 16.0 Å². The second-order valence-corrected chi connectivity index (χ2v) is 21.1. The smallest absolute Gasteiger partial charge is 0.408 e. The summed E-state index contributed by atoms with van der Waals surface area (Å²) in [5.74, 6) is 2.82. The quantitative estimate of drug-likeness (QED) is 0.0303. The number of rotatable bonds is 40. The average molecular weight is 975 g/mol. The maximum Gasteiger partial charge on any atom is 0.408 e. The van der Waals surface area contributed by atoms with E-state index < -0.39 is 23.9 Å². The third-order valence-electron chi connectivity index (χ3n) is 14.1. The molecule has 398 valence electrons. The SMILES string of the molecule is CCC(CCC(C)NC(=O)OCC(C)(COC(=O)NC(C)CCC(CC)CC(C)CCC(CC)N=C=O)OC(=O)NC(C)CCC(C)CC(C)CCC(CC)N=C=O)CC(C)CCC(CC)N=C=O. The number of amides is 3. The van der Waals surface area contributed by atoms with Gasteiger partial charge in [0.1, 0.15) is 13.2 Å². The maximum absolute atomic E-state index is 13.4. The first-order valence-corrected chi connectivity index (χ1v) is 26.9. The van der Waals surface area contributed by atoms with Crippen LogP contribution in [0.4, 0.5) is 14.4 Å². The van der Waals surface area contributed by atoms with E-state index in [0.29, 0.717) is 35.5 Å². The van der Waals surface area contributed by atoms with Gasteiger partial charge in [0.25, 0.3) is 0 Å². The second kappa shape index (κ2) is 38.7. The predicted octanol–water partition coefficient (Wildman–Crippen LogP) is 12.9. The molecule has 0 spiro atoms. The van der Waals surface area contributed by atoms with E-state index in [-0.39, 0.29) is 49.5 Å². The van der Waals surface area contributed by atoms with E-state index >= 15 is 0 Å². The Morgan fingerprint density at radius 2 is 0.739 bits per heavy atom. The van der Waals surface area contributed by atoms with E-state index in [0.717, 1.165) is 128 Å². The highest BCUT2D eigenvalue weighted by Gasteiger charge is 2.34. The first-order valence-electron chi connectivity index (χ1n) is 26.9. The number of aliphatic imine (C=N–C) groups is 3. The maximum atomic E-state index is 13.4. The molecule has 0 heterocycles. The molecule has 0 aliphatic heterocycles. The van der Waals surface area contributed by atoms with Crippen molar-refractivity contribution < 1.29 is 43.0 Å². The van der Waals surface area contributed by atoms with Crippen molar-refractivity contribution in [2.45, 2.75) is 260 Å². The van der Waals surface area contributed by atoms with Gasteiger partial charge in [-0.1, -0.05) is 75.2 Å². The summed E-state index contributed by atoms with van der Waals surface area (Å²) in [6.07, 6.45) is 21.2. The standard InChI is InChI=1S/C54H98N6O9/c1-14-46(32-41(8)21-29-49(17-4)56-37-62)26-24-44(11)58-51(64)67-34-54(13,69-53(66)60-43(10)23-19-39(6)31-40(7)20-28-48(16-3)55-36-61)35-68-52(65)59-45(12)25-27-47(15-2)33-42(9)22-30-50(18-5)57-38-63/h39-50H,14-35H2,1-13H3,(H,58,64)(H,59,65)(H,60,66). The number of carbonyl (C=O) groups excluding carboxylic acids is 6. The lowest BCUT2D eigenvalue weighted by Crippen LogP contribution is -2.48. The zero-order valence-electron chi connectivity index (χ0n) is 45.5. The molecule has 0 aliphatic rings. The zero-order valence-corrected chi connectivity index (χ0v) is 45.5. The molecular formula is C54H98N6O9. The molecule has 0 bridgehead atoms. The van der Waals surface area contributed by atoms with Crippen LogP contribution in [-0.4, -0.2) is 91.6 Å². The Hall–Kier alpha value is -4.05. The van der Waals surface area contributed by atoms with Crippen LogP contribution in [0.2, 0.25) is 0 Å². The van der Waals surface area contributed by atoms with E-state index in [1.807, 2.05) is 41.5 Å². The van der Waals surface area contributed by atoms with Crippen molar-refractivity contribution >= 4 is 36.5 Å². The monoisotopic (exact) mass is 975 g/mol. The molecule has 0 radical (unpaired) electrons. The van der Waals surface area contributed by atoms with Crippen LogP contribution in [0.3, 0.4) is 0 Å². The summed E-state index contributed by atoms with van der Waals surface area (Å²) >= 11 is 0. The highest BCUT2D eigenvalue weighted by Crippen LogP contribution is 2.28. The van der Waals surface area contributed by atoms with Crippen LogP contribution in [0, 0.1) is 35.5 Å². The number of isocyanates is 3. The van der Waals surface area contributed by atoms with Gasteiger partial charge in [-0.25, -0.2) is 43.7 Å². The summed E-state index contributed by atoms with van der Waals surface area (Å²) in [5.41, 5.74) is -1.49. The first kappa shape index (κ1) is 65.0. The van der Waals surface area contributed by atoms with Gasteiger partial charge in [-0.3, -0.25) is 0 Å². The summed E-state index contributed by atoms with van der Waals surface area (Å²) in [6.45, 7) is 26.0. The third-order valence-corrected chi connectivity index (χ3v) is 14.1. The van der Waals surface area contributed by atoms with E-state index in [1.54, 1.807) is 25.2 Å². The van der Waals surface area contributed by atoms with Gasteiger partial charge in [-0.2, -0.15) is 0 Å². The Labute approximate surface area is 418 Å². The van der Waals surface area contributed by atoms with Crippen LogP contribution in [0.15, 0.2) is 15.0 Å². The number of carbonyl (C=O) groups is 3. The fourth-order valence-corrected chi connectivity index (χ4v) is 9.21. The summed E-state index contributed by atoms with van der Waals surface area (Å²) in [7, 11) is 0. The molecule has 0 aromatic heterocycles. The van der Waals surface area contributed by atoms with Gasteiger partial charge in [0.15, 0.2) is 5.60 Å². The van der Waals surface area contributed by atoms with Gasteiger partial charge in [-0.05, 0) is 179 Å². The Balaban J connectivity index is 5.53. The van der Waals surface area contributed by atoms with E-state index in [1.165, 1.54) is 0 Å². The van der Waals surface area contributed by atoms with Crippen LogP contribution in [0.25, 0.3) is 0 Å². The molecule has 0 fully saturated rings. The van der Waals surface area contributed by atoms with Crippen molar-refractivity contribution in [1.29, 1.82) is 0 Å². The number of nitrogens with zero attached hydrogens (tertiary/aromatic N) is 3. The lowest BCUT2D eigenvalue weighted by atomic mass is 9.86. The topological polar surface area (TPSA) is 203 Å². The van der Waals surface area contributed by atoms with Crippen molar-refractivity contribution in [3.05, 3.63) is 0 Å². The Morgan fingerprint density at radius 1 is 0.435 bits per heavy atom. The number of ether oxygens (including phenoxy) is 3. The molecule has 15 heteroatoms. The molecule has 0 saturated heterocycles. The molecule has 0 rings (SSSR count). The normalized spacial score (nSPS) is 17.3. The minimum absolute atomic E-state index is 0.0188. The van der Waals surface area contributed by atoms with Crippen LogP contribution in [-0.2, 0) is 28.6 Å². The molecule has 0 aromatic carbocycles. The molecular weight excluding hydrogens is 877 g/mol. The predicted molar refractivity (Wildman–Crippen MR) is 275 cm³/mol. The largest absolute Gasteiger partial charge is 0.445 e. The lowest BCUT2D eigenvalue weighted by Gasteiger charge is -2.30. The van der Waals surface area contributed by atoms with Gasteiger partial charge in [0.2, 0.25) is 18.2 Å². The minimum Gasteiger partial charge on any atom is -0.445 e. The van der Waals surface area contributed by atoms with Crippen molar-refractivity contribution in [3.63, 3.8) is 0 Å². The van der Waals surface area contributed by atoms with Crippen molar-refractivity contribution in [2.75, 3.05) is 13.2 Å². The second-order valence-electron chi connectivity index (χ2n) is 21.1. The number of hydrogen-bond acceptors (Lipinski definition) is 12. The minimum atomic E-state index is -1.49. The fourth-order valence-electron chi connectivity index (χ4n) is 9.21. The number of alkyl carbamates (subject to hydrolysis) is 3. The van der Waals surface area contributed by atoms with Gasteiger partial charge in [-0.15, -0.1) is 0 Å². The molecule has 3 N–H and O–H groups in total. The first-order chi connectivity index (χ1) is 32.8. The third kappa shape index (κ3) is 33.2. The summed E-state index contributed by atoms with van der Waals surface area (Å²) in [5, 5.41) is 8.76. The van der Waals surface area contributed by atoms with Crippen LogP contribution >= 0.6 is 0 Å². The molecule has 12 unspecified atom stereocenters. The molecule has 0 aliphatic carbocycles. The zero-order chi connectivity index (χ0) is 52.2. The van der Waals surface area contributed by atoms with E-state index in [4.69, 9.17) is 14.2 Å². The van der Waals surface area contributed by atoms with E-state index in [2.05, 4.69) is 72.5 Å². The number of nitrogens with one attached hydrogen (secondary N) is 3.